The van der Waals surface area contributed by atoms with Crippen LogP contribution in [0, 0.1) is 11.3 Å². The van der Waals surface area contributed by atoms with Gasteiger partial charge in [0.2, 0.25) is 0 Å². The second-order valence-electron chi connectivity index (χ2n) is 5.71. The molecule has 9 heteroatoms. The number of anilines is 1. The zero-order valence-electron chi connectivity index (χ0n) is 15.4. The molecule has 0 fully saturated rings. The summed E-state index contributed by atoms with van der Waals surface area (Å²) in [6.07, 6.45) is 4.21. The first-order valence-corrected chi connectivity index (χ1v) is 9.40. The van der Waals surface area contributed by atoms with E-state index in [1.165, 1.54) is 12.2 Å². The van der Waals surface area contributed by atoms with Crippen molar-refractivity contribution in [1.29, 1.82) is 5.26 Å². The summed E-state index contributed by atoms with van der Waals surface area (Å²) in [5.41, 5.74) is 8.08. The van der Waals surface area contributed by atoms with Crippen LogP contribution in [0.25, 0.3) is 17.1 Å². The van der Waals surface area contributed by atoms with E-state index in [9.17, 15) is 14.9 Å². The molecular weight excluding hydrogens is 392 g/mol. The number of carbonyl (C=O) groups excluding carboxylic acids is 2. The van der Waals surface area contributed by atoms with Crippen molar-refractivity contribution in [2.45, 2.75) is 13.5 Å². The number of benzene rings is 1. The minimum absolute atomic E-state index is 0.107. The molecule has 0 unspecified atom stereocenters. The Bertz CT molecular complexity index is 1150. The highest BCUT2D eigenvalue weighted by Crippen LogP contribution is 2.31. The molecule has 0 radical (unpaired) electrons. The molecule has 0 saturated heterocycles. The quantitative estimate of drug-likeness (QED) is 0.487. The topological polar surface area (TPSA) is 128 Å². The predicted octanol–water partition coefficient (Wildman–Crippen LogP) is 3.08. The van der Waals surface area contributed by atoms with Crippen molar-refractivity contribution < 1.29 is 19.1 Å². The predicted molar refractivity (Wildman–Crippen MR) is 108 cm³/mol. The fraction of sp³-hybridized carbons (Fsp3) is 0.150. The van der Waals surface area contributed by atoms with Crippen LogP contribution in [0.4, 0.5) is 5.00 Å². The van der Waals surface area contributed by atoms with E-state index in [0.717, 1.165) is 16.9 Å². The molecule has 2 heterocycles. The van der Waals surface area contributed by atoms with Crippen LogP contribution < -0.4 is 5.73 Å². The first kappa shape index (κ1) is 20.0. The van der Waals surface area contributed by atoms with Crippen LogP contribution in [0.1, 0.15) is 33.4 Å². The third-order valence-electron chi connectivity index (χ3n) is 3.82. The normalized spacial score (nSPS) is 10.8. The van der Waals surface area contributed by atoms with Crippen molar-refractivity contribution in [2.24, 2.45) is 0 Å². The minimum atomic E-state index is -0.663. The molecule has 0 bridgehead atoms. The Kier molecular flexibility index (Phi) is 6.16. The van der Waals surface area contributed by atoms with Crippen LogP contribution in [0.5, 0.6) is 0 Å². The van der Waals surface area contributed by atoms with Crippen molar-refractivity contribution in [3.8, 4) is 6.07 Å². The lowest BCUT2D eigenvalue weighted by atomic mass is 10.1. The van der Waals surface area contributed by atoms with Crippen LogP contribution >= 0.6 is 11.3 Å². The molecule has 0 amide bonds. The number of nitrogen functional groups attached to an aromatic ring is 1. The number of para-hydroxylation sites is 2. The number of carbonyl (C=O) groups is 2. The van der Waals surface area contributed by atoms with E-state index in [4.69, 9.17) is 15.2 Å². The number of ether oxygens (including phenoxy) is 2. The lowest BCUT2D eigenvalue weighted by Crippen LogP contribution is -2.08. The van der Waals surface area contributed by atoms with Gasteiger partial charge in [0, 0.05) is 11.6 Å². The summed E-state index contributed by atoms with van der Waals surface area (Å²) >= 11 is 0.930. The Hall–Kier alpha value is -3.77. The van der Waals surface area contributed by atoms with E-state index in [0.29, 0.717) is 11.2 Å². The van der Waals surface area contributed by atoms with E-state index in [2.05, 4.69) is 9.97 Å². The zero-order chi connectivity index (χ0) is 20.8. The second kappa shape index (κ2) is 8.95. The van der Waals surface area contributed by atoms with E-state index in [-0.39, 0.29) is 34.2 Å². The Morgan fingerprint density at radius 1 is 1.28 bits per heavy atom. The van der Waals surface area contributed by atoms with Crippen molar-refractivity contribution in [1.82, 2.24) is 9.97 Å². The van der Waals surface area contributed by atoms with Gasteiger partial charge in [-0.1, -0.05) is 12.1 Å². The second-order valence-corrected chi connectivity index (χ2v) is 6.76. The molecule has 2 N–H and O–H groups in total. The van der Waals surface area contributed by atoms with Gasteiger partial charge < -0.3 is 15.2 Å². The maximum absolute atomic E-state index is 12.1. The third kappa shape index (κ3) is 4.56. The van der Waals surface area contributed by atoms with Gasteiger partial charge in [-0.05, 0) is 25.1 Å². The molecule has 0 aliphatic rings. The van der Waals surface area contributed by atoms with Crippen LogP contribution in [0.15, 0.2) is 36.5 Å². The molecule has 1 aromatic carbocycles. The van der Waals surface area contributed by atoms with E-state index in [1.54, 1.807) is 13.1 Å². The Balaban J connectivity index is 1.72. The smallest absolute Gasteiger partial charge is 0.348 e. The molecule has 0 saturated carbocycles. The van der Waals surface area contributed by atoms with E-state index in [1.807, 2.05) is 30.3 Å². The summed E-state index contributed by atoms with van der Waals surface area (Å²) in [7, 11) is 0. The van der Waals surface area contributed by atoms with Gasteiger partial charge in [0.05, 0.1) is 35.1 Å². The van der Waals surface area contributed by atoms with Crippen molar-refractivity contribution >= 4 is 45.4 Å². The van der Waals surface area contributed by atoms with Gasteiger partial charge in [0.1, 0.15) is 22.6 Å². The lowest BCUT2D eigenvalue weighted by molar-refractivity contribution is -0.138. The summed E-state index contributed by atoms with van der Waals surface area (Å²) in [5, 5.41) is 9.45. The molecule has 8 nitrogen and oxygen atoms in total. The standard InChI is InChI=1S/C20H16N4O4S/c1-2-27-20(26)18-14(13(9-21)19(22)29-18)11-28-17(25)8-7-12-10-23-15-5-3-4-6-16(15)24-12/h3-8,10H,2,11,22H2,1H3/b8-7+. The number of nitrogens with two attached hydrogens (primary N) is 1. The summed E-state index contributed by atoms with van der Waals surface area (Å²) in [4.78, 5) is 32.9. The number of nitrogens with zero attached hydrogens (tertiary/aromatic N) is 3. The van der Waals surface area contributed by atoms with Crippen molar-refractivity contribution in [3.05, 3.63) is 58.2 Å². The van der Waals surface area contributed by atoms with Crippen molar-refractivity contribution in [2.75, 3.05) is 12.3 Å². The number of hydrogen-bond donors (Lipinski definition) is 1. The van der Waals surface area contributed by atoms with Crippen LogP contribution in [0.2, 0.25) is 0 Å². The largest absolute Gasteiger partial charge is 0.462 e. The average Bonchev–Trinajstić information content (AvgIpc) is 3.06. The number of aromatic nitrogens is 2. The van der Waals surface area contributed by atoms with Gasteiger partial charge in [0.25, 0.3) is 0 Å². The van der Waals surface area contributed by atoms with Gasteiger partial charge >= 0.3 is 11.9 Å². The molecule has 2 aromatic heterocycles. The molecule has 3 rings (SSSR count). The highest BCUT2D eigenvalue weighted by molar-refractivity contribution is 7.18. The third-order valence-corrected chi connectivity index (χ3v) is 4.86. The number of fused-ring (bicyclic) bond motifs is 1. The Morgan fingerprint density at radius 3 is 2.76 bits per heavy atom. The van der Waals surface area contributed by atoms with Gasteiger partial charge in [-0.2, -0.15) is 5.26 Å². The SMILES string of the molecule is CCOC(=O)c1sc(N)c(C#N)c1COC(=O)/C=C/c1cnc2ccccc2n1. The van der Waals surface area contributed by atoms with Gasteiger partial charge in [-0.15, -0.1) is 11.3 Å². The summed E-state index contributed by atoms with van der Waals surface area (Å²) < 4.78 is 10.1. The molecule has 146 valence electrons. The van der Waals surface area contributed by atoms with E-state index >= 15 is 0 Å². The highest BCUT2D eigenvalue weighted by Gasteiger charge is 2.23. The molecule has 0 atom stereocenters. The number of rotatable bonds is 6. The Labute approximate surface area is 170 Å². The molecule has 0 spiro atoms. The highest BCUT2D eigenvalue weighted by atomic mass is 32.1. The Morgan fingerprint density at radius 2 is 2.03 bits per heavy atom. The summed E-state index contributed by atoms with van der Waals surface area (Å²) in [6, 6.07) is 9.30. The molecule has 3 aromatic rings. The summed E-state index contributed by atoms with van der Waals surface area (Å²) in [6.45, 7) is 1.56. The first-order valence-electron chi connectivity index (χ1n) is 8.58. The van der Waals surface area contributed by atoms with Gasteiger partial charge in [-0.25, -0.2) is 14.6 Å². The van der Waals surface area contributed by atoms with E-state index < -0.39 is 11.9 Å². The number of esters is 2. The molecule has 29 heavy (non-hydrogen) atoms. The monoisotopic (exact) mass is 408 g/mol. The van der Waals surface area contributed by atoms with Crippen LogP contribution in [-0.2, 0) is 20.9 Å². The van der Waals surface area contributed by atoms with Crippen LogP contribution in [0.3, 0.4) is 0 Å². The summed E-state index contributed by atoms with van der Waals surface area (Å²) in [5.74, 6) is -1.28. The first-order chi connectivity index (χ1) is 14.0. The average molecular weight is 408 g/mol. The van der Waals surface area contributed by atoms with Crippen molar-refractivity contribution in [3.63, 3.8) is 0 Å². The number of hydrogen-bond acceptors (Lipinski definition) is 9. The lowest BCUT2D eigenvalue weighted by Gasteiger charge is -2.05. The fourth-order valence-corrected chi connectivity index (χ4v) is 3.42. The fourth-order valence-electron chi connectivity index (χ4n) is 2.50. The number of thiophene rings is 1. The maximum atomic E-state index is 12.1. The zero-order valence-corrected chi connectivity index (χ0v) is 16.2. The molecule has 0 aliphatic heterocycles. The maximum Gasteiger partial charge on any atom is 0.348 e. The van der Waals surface area contributed by atoms with Gasteiger partial charge in [-0.3, -0.25) is 4.98 Å². The number of nitriles is 1. The molecular formula is C20H16N4O4S. The van der Waals surface area contributed by atoms with Crippen LogP contribution in [-0.4, -0.2) is 28.5 Å². The minimum Gasteiger partial charge on any atom is -0.462 e. The molecule has 0 aliphatic carbocycles. The van der Waals surface area contributed by atoms with Gasteiger partial charge in [0.15, 0.2) is 0 Å².